The van der Waals surface area contributed by atoms with Crippen LogP contribution in [0.15, 0.2) is 12.2 Å². The largest absolute Gasteiger partial charge is 0.448 e. The van der Waals surface area contributed by atoms with Crippen LogP contribution in [0.1, 0.15) is 162 Å². The fourth-order valence-electron chi connectivity index (χ4n) is 4.98. The zero-order chi connectivity index (χ0) is 27.9. The lowest BCUT2D eigenvalue weighted by molar-refractivity contribution is 0.0922. The van der Waals surface area contributed by atoms with Crippen LogP contribution in [0.5, 0.6) is 0 Å². The Kier molecular flexibility index (Phi) is 29.7. The van der Waals surface area contributed by atoms with E-state index in [-0.39, 0.29) is 6.09 Å². The summed E-state index contributed by atoms with van der Waals surface area (Å²) < 4.78 is 5.65. The highest BCUT2D eigenvalue weighted by Gasteiger charge is 2.14. The Balaban J connectivity index is 3.97. The minimum atomic E-state index is -0.103. The van der Waals surface area contributed by atoms with Gasteiger partial charge in [-0.15, -0.1) is 0 Å². The minimum Gasteiger partial charge on any atom is -0.448 e. The molecule has 0 saturated heterocycles. The van der Waals surface area contributed by atoms with Gasteiger partial charge in [-0.25, -0.2) is 4.79 Å². The van der Waals surface area contributed by atoms with Crippen LogP contribution in [-0.2, 0) is 4.74 Å². The Labute approximate surface area is 239 Å². The summed E-state index contributed by atoms with van der Waals surface area (Å²) in [5.74, 6) is 0. The van der Waals surface area contributed by atoms with Gasteiger partial charge in [0.2, 0.25) is 0 Å². The Hall–Kier alpha value is -1.03. The topological polar surface area (TPSA) is 32.8 Å². The molecule has 226 valence electrons. The molecule has 0 aromatic carbocycles. The molecule has 0 saturated carbocycles. The van der Waals surface area contributed by atoms with Crippen LogP contribution in [-0.4, -0.2) is 55.7 Å². The molecule has 0 aromatic heterocycles. The fraction of sp³-hybridized carbons (Fsp3) is 0.912. The van der Waals surface area contributed by atoms with Crippen molar-refractivity contribution in [1.82, 2.24) is 9.80 Å². The lowest BCUT2D eigenvalue weighted by Crippen LogP contribution is -2.35. The van der Waals surface area contributed by atoms with E-state index in [9.17, 15) is 4.79 Å². The lowest BCUT2D eigenvalue weighted by atomic mass is 10.1. The third-order valence-electron chi connectivity index (χ3n) is 7.53. The molecule has 0 fully saturated rings. The predicted molar refractivity (Wildman–Crippen MR) is 168 cm³/mol. The normalized spacial score (nSPS) is 11.6. The molecule has 4 heteroatoms. The Bertz CT molecular complexity index is 509. The van der Waals surface area contributed by atoms with Gasteiger partial charge in [-0.2, -0.15) is 0 Å². The van der Waals surface area contributed by atoms with Crippen LogP contribution >= 0.6 is 0 Å². The van der Waals surface area contributed by atoms with Gasteiger partial charge >= 0.3 is 6.09 Å². The number of carbonyl (C=O) groups excluding carboxylic acids is 1. The summed E-state index contributed by atoms with van der Waals surface area (Å²) in [5, 5.41) is 0. The number of rotatable bonds is 29. The number of ether oxygens (including phenoxy) is 1. The van der Waals surface area contributed by atoms with Crippen LogP contribution in [0.2, 0.25) is 0 Å². The van der Waals surface area contributed by atoms with E-state index in [2.05, 4.69) is 44.9 Å². The highest BCUT2D eigenvalue weighted by molar-refractivity contribution is 5.67. The summed E-state index contributed by atoms with van der Waals surface area (Å²) in [6.07, 6.45) is 33.1. The van der Waals surface area contributed by atoms with Crippen LogP contribution < -0.4 is 0 Å². The second-order valence-corrected chi connectivity index (χ2v) is 11.5. The van der Waals surface area contributed by atoms with Crippen LogP contribution in [0.3, 0.4) is 0 Å². The molecule has 38 heavy (non-hydrogen) atoms. The number of nitrogens with zero attached hydrogens (tertiary/aromatic N) is 2. The standard InChI is InChI=1S/C34H68N2O2/c1-5-8-10-12-14-15-16-17-18-19-20-21-22-24-26-28-31-36(30-27-25-23-13-11-9-6-2)34(37)38-33-32-35(4)29-7-3/h17-18H,5-16,19-33H2,1-4H3/b18-17-. The minimum absolute atomic E-state index is 0.103. The molecule has 0 aromatic rings. The average Bonchev–Trinajstić information content (AvgIpc) is 2.91. The molecule has 0 aliphatic heterocycles. The average molecular weight is 537 g/mol. The van der Waals surface area contributed by atoms with Crippen LogP contribution in [0.4, 0.5) is 4.79 Å². The third kappa shape index (κ3) is 26.6. The smallest absolute Gasteiger partial charge is 0.409 e. The number of unbranched alkanes of at least 4 members (excludes halogenated alkanes) is 18. The van der Waals surface area contributed by atoms with Crippen molar-refractivity contribution in [2.75, 3.05) is 39.8 Å². The summed E-state index contributed by atoms with van der Waals surface area (Å²) in [7, 11) is 2.10. The van der Waals surface area contributed by atoms with Crippen molar-refractivity contribution < 1.29 is 9.53 Å². The maximum absolute atomic E-state index is 12.8. The van der Waals surface area contributed by atoms with Crippen molar-refractivity contribution in [3.8, 4) is 0 Å². The van der Waals surface area contributed by atoms with E-state index in [1.165, 1.54) is 122 Å². The second kappa shape index (κ2) is 30.5. The first-order valence-corrected chi connectivity index (χ1v) is 16.9. The molecule has 0 aliphatic rings. The van der Waals surface area contributed by atoms with Gasteiger partial charge in [0.05, 0.1) is 0 Å². The van der Waals surface area contributed by atoms with E-state index in [4.69, 9.17) is 4.74 Å². The van der Waals surface area contributed by atoms with Crippen molar-refractivity contribution in [2.24, 2.45) is 0 Å². The molecule has 4 nitrogen and oxygen atoms in total. The Morgan fingerprint density at radius 3 is 1.39 bits per heavy atom. The monoisotopic (exact) mass is 537 g/mol. The maximum Gasteiger partial charge on any atom is 0.409 e. The van der Waals surface area contributed by atoms with Gasteiger partial charge < -0.3 is 14.5 Å². The van der Waals surface area contributed by atoms with Gasteiger partial charge in [-0.3, -0.25) is 0 Å². The van der Waals surface area contributed by atoms with Gasteiger partial charge in [0.15, 0.2) is 0 Å². The zero-order valence-corrected chi connectivity index (χ0v) is 26.5. The molecule has 0 spiro atoms. The van der Waals surface area contributed by atoms with Gasteiger partial charge in [-0.05, 0) is 58.5 Å². The molecule has 0 atom stereocenters. The predicted octanol–water partition coefficient (Wildman–Crippen LogP) is 10.6. The third-order valence-corrected chi connectivity index (χ3v) is 7.53. The highest BCUT2D eigenvalue weighted by Crippen LogP contribution is 2.12. The summed E-state index contributed by atoms with van der Waals surface area (Å²) in [4.78, 5) is 17.0. The van der Waals surface area contributed by atoms with Gasteiger partial charge in [0.1, 0.15) is 6.61 Å². The molecule has 0 bridgehead atoms. The molecule has 0 radical (unpaired) electrons. The van der Waals surface area contributed by atoms with Gasteiger partial charge in [0.25, 0.3) is 0 Å². The van der Waals surface area contributed by atoms with E-state index in [1.54, 1.807) is 0 Å². The molecule has 0 aliphatic carbocycles. The highest BCUT2D eigenvalue weighted by atomic mass is 16.6. The SMILES string of the molecule is CCCCCCCC/C=C\CCCCCCCCN(CCCCCCCCC)C(=O)OCCN(C)CCC. The second-order valence-electron chi connectivity index (χ2n) is 11.5. The van der Waals surface area contributed by atoms with Crippen molar-refractivity contribution in [3.05, 3.63) is 12.2 Å². The van der Waals surface area contributed by atoms with Crippen LogP contribution in [0, 0.1) is 0 Å². The summed E-state index contributed by atoms with van der Waals surface area (Å²) >= 11 is 0. The molecular formula is C34H68N2O2. The molecule has 0 unspecified atom stereocenters. The van der Waals surface area contributed by atoms with E-state index in [0.29, 0.717) is 6.61 Å². The van der Waals surface area contributed by atoms with Crippen molar-refractivity contribution in [1.29, 1.82) is 0 Å². The molecular weight excluding hydrogens is 468 g/mol. The number of carbonyl (C=O) groups is 1. The van der Waals surface area contributed by atoms with Gasteiger partial charge in [0, 0.05) is 19.6 Å². The van der Waals surface area contributed by atoms with Gasteiger partial charge in [-0.1, -0.05) is 129 Å². The van der Waals surface area contributed by atoms with E-state index in [1.807, 2.05) is 4.90 Å². The number of amides is 1. The van der Waals surface area contributed by atoms with E-state index >= 15 is 0 Å². The van der Waals surface area contributed by atoms with E-state index < -0.39 is 0 Å². The number of likely N-dealkylation sites (N-methyl/N-ethyl adjacent to an activating group) is 1. The first-order valence-electron chi connectivity index (χ1n) is 16.9. The molecule has 0 N–H and O–H groups in total. The number of hydrogen-bond acceptors (Lipinski definition) is 3. The fourth-order valence-corrected chi connectivity index (χ4v) is 4.98. The van der Waals surface area contributed by atoms with Crippen molar-refractivity contribution >= 4 is 6.09 Å². The summed E-state index contributed by atoms with van der Waals surface area (Å²) in [6.45, 7) is 10.8. The maximum atomic E-state index is 12.8. The summed E-state index contributed by atoms with van der Waals surface area (Å²) in [6, 6.07) is 0. The first kappa shape index (κ1) is 37.0. The number of allylic oxidation sites excluding steroid dienone is 2. The molecule has 1 amide bonds. The summed E-state index contributed by atoms with van der Waals surface area (Å²) in [5.41, 5.74) is 0. The number of hydrogen-bond donors (Lipinski definition) is 0. The van der Waals surface area contributed by atoms with Crippen LogP contribution in [0.25, 0.3) is 0 Å². The van der Waals surface area contributed by atoms with Crippen molar-refractivity contribution in [2.45, 2.75) is 162 Å². The molecule has 0 heterocycles. The lowest BCUT2D eigenvalue weighted by Gasteiger charge is -2.23. The Morgan fingerprint density at radius 1 is 0.526 bits per heavy atom. The molecule has 0 rings (SSSR count). The quantitative estimate of drug-likeness (QED) is 0.0704. The van der Waals surface area contributed by atoms with Crippen molar-refractivity contribution in [3.63, 3.8) is 0 Å². The zero-order valence-electron chi connectivity index (χ0n) is 26.5. The first-order chi connectivity index (χ1) is 18.7. The Morgan fingerprint density at radius 2 is 0.947 bits per heavy atom. The van der Waals surface area contributed by atoms with E-state index in [0.717, 1.165) is 45.4 Å².